The molecule has 1 heterocycles. The first kappa shape index (κ1) is 17.6. The number of rotatable bonds is 4. The largest absolute Gasteiger partial charge is 0.454 e. The molecule has 1 aliphatic rings. The molecule has 6 heteroatoms. The molecule has 0 spiro atoms. The Morgan fingerprint density at radius 2 is 1.64 bits per heavy atom. The van der Waals surface area contributed by atoms with E-state index in [4.69, 9.17) is 9.47 Å². The molecule has 138 valence electrons. The molecule has 0 atom stereocenters. The SMILES string of the molecule is O=C1N=C(c2ccccc2F)O/C1=C/c1ccc(F)c(Oc2ccccc2)c1. The Labute approximate surface area is 159 Å². The zero-order chi connectivity index (χ0) is 19.5. The molecular formula is C22H13F2NO3. The van der Waals surface area contributed by atoms with Crippen molar-refractivity contribution >= 4 is 17.9 Å². The minimum atomic E-state index is -0.645. The van der Waals surface area contributed by atoms with Crippen molar-refractivity contribution in [3.63, 3.8) is 0 Å². The number of hydrogen-bond donors (Lipinski definition) is 0. The molecule has 0 saturated carbocycles. The Hall–Kier alpha value is -3.80. The van der Waals surface area contributed by atoms with Gasteiger partial charge in [-0.2, -0.15) is 4.99 Å². The highest BCUT2D eigenvalue weighted by Crippen LogP contribution is 2.27. The summed E-state index contributed by atoms with van der Waals surface area (Å²) < 4.78 is 38.9. The van der Waals surface area contributed by atoms with E-state index in [0.29, 0.717) is 11.3 Å². The van der Waals surface area contributed by atoms with Gasteiger partial charge in [0, 0.05) is 0 Å². The van der Waals surface area contributed by atoms with Crippen LogP contribution in [0.15, 0.2) is 83.5 Å². The molecule has 1 amide bonds. The smallest absolute Gasteiger partial charge is 0.316 e. The molecule has 0 saturated heterocycles. The van der Waals surface area contributed by atoms with Crippen molar-refractivity contribution in [2.75, 3.05) is 0 Å². The first-order chi connectivity index (χ1) is 13.6. The topological polar surface area (TPSA) is 47.9 Å². The van der Waals surface area contributed by atoms with Crippen molar-refractivity contribution in [2.45, 2.75) is 0 Å². The second kappa shape index (κ2) is 7.44. The van der Waals surface area contributed by atoms with E-state index in [0.717, 1.165) is 0 Å². The third-order valence-corrected chi connectivity index (χ3v) is 3.95. The van der Waals surface area contributed by atoms with Gasteiger partial charge in [-0.3, -0.25) is 4.79 Å². The molecule has 0 N–H and O–H groups in total. The lowest BCUT2D eigenvalue weighted by atomic mass is 10.2. The lowest BCUT2D eigenvalue weighted by molar-refractivity contribution is -0.115. The second-order valence-corrected chi connectivity index (χ2v) is 5.92. The molecular weight excluding hydrogens is 364 g/mol. The highest BCUT2D eigenvalue weighted by Gasteiger charge is 2.25. The lowest BCUT2D eigenvalue weighted by Gasteiger charge is -2.08. The van der Waals surface area contributed by atoms with Crippen LogP contribution in [0.4, 0.5) is 8.78 Å². The highest BCUT2D eigenvalue weighted by atomic mass is 19.1. The Bertz CT molecular complexity index is 1110. The van der Waals surface area contributed by atoms with Gasteiger partial charge in [-0.25, -0.2) is 8.78 Å². The molecule has 0 unspecified atom stereocenters. The number of para-hydroxylation sites is 1. The van der Waals surface area contributed by atoms with E-state index >= 15 is 0 Å². The number of amides is 1. The number of aliphatic imine (C=N–C) groups is 1. The molecule has 3 aromatic rings. The maximum absolute atomic E-state index is 14.1. The van der Waals surface area contributed by atoms with Crippen LogP contribution in [0.25, 0.3) is 6.08 Å². The van der Waals surface area contributed by atoms with Gasteiger partial charge >= 0.3 is 5.91 Å². The van der Waals surface area contributed by atoms with Crippen LogP contribution in [0.1, 0.15) is 11.1 Å². The molecule has 0 radical (unpaired) electrons. The standard InChI is InChI=1S/C22H13F2NO3/c23-17-9-5-4-8-16(17)22-25-21(26)20(28-22)13-14-10-11-18(24)19(12-14)27-15-6-2-1-3-7-15/h1-13H/b20-13+. The fourth-order valence-corrected chi connectivity index (χ4v) is 2.61. The van der Waals surface area contributed by atoms with Crippen LogP contribution >= 0.6 is 0 Å². The fourth-order valence-electron chi connectivity index (χ4n) is 2.61. The summed E-state index contributed by atoms with van der Waals surface area (Å²) in [6.07, 6.45) is 1.40. The zero-order valence-electron chi connectivity index (χ0n) is 14.4. The van der Waals surface area contributed by atoms with Crippen LogP contribution < -0.4 is 4.74 Å². The van der Waals surface area contributed by atoms with Gasteiger partial charge in [0.1, 0.15) is 11.6 Å². The molecule has 3 aromatic carbocycles. The summed E-state index contributed by atoms with van der Waals surface area (Å²) >= 11 is 0. The Balaban J connectivity index is 1.59. The number of carbonyl (C=O) groups excluding carboxylic acids is 1. The third kappa shape index (κ3) is 3.66. The first-order valence-electron chi connectivity index (χ1n) is 8.40. The van der Waals surface area contributed by atoms with E-state index in [9.17, 15) is 13.6 Å². The summed E-state index contributed by atoms with van der Waals surface area (Å²) in [5.41, 5.74) is 0.562. The van der Waals surface area contributed by atoms with E-state index in [1.54, 1.807) is 30.3 Å². The lowest BCUT2D eigenvalue weighted by Crippen LogP contribution is -2.03. The van der Waals surface area contributed by atoms with E-state index < -0.39 is 17.5 Å². The summed E-state index contributed by atoms with van der Waals surface area (Å²) in [5, 5.41) is 0. The summed E-state index contributed by atoms with van der Waals surface area (Å²) in [7, 11) is 0. The van der Waals surface area contributed by atoms with Crippen LogP contribution in [0.2, 0.25) is 0 Å². The molecule has 0 bridgehead atoms. The predicted octanol–water partition coefficient (Wildman–Crippen LogP) is 5.10. The number of ether oxygens (including phenoxy) is 2. The van der Waals surface area contributed by atoms with Crippen molar-refractivity contribution < 1.29 is 23.0 Å². The number of benzene rings is 3. The van der Waals surface area contributed by atoms with Gasteiger partial charge in [-0.15, -0.1) is 0 Å². The predicted molar refractivity (Wildman–Crippen MR) is 99.9 cm³/mol. The molecule has 28 heavy (non-hydrogen) atoms. The molecule has 4 nitrogen and oxygen atoms in total. The maximum Gasteiger partial charge on any atom is 0.316 e. The summed E-state index contributed by atoms with van der Waals surface area (Å²) in [6.45, 7) is 0. The number of hydrogen-bond acceptors (Lipinski definition) is 3. The van der Waals surface area contributed by atoms with Crippen molar-refractivity contribution in [1.29, 1.82) is 0 Å². The van der Waals surface area contributed by atoms with Crippen LogP contribution in [-0.2, 0) is 9.53 Å². The molecule has 0 aliphatic carbocycles. The van der Waals surface area contributed by atoms with Gasteiger partial charge in [0.05, 0.1) is 5.56 Å². The van der Waals surface area contributed by atoms with Gasteiger partial charge in [0.15, 0.2) is 17.3 Å². The molecule has 4 rings (SSSR count). The second-order valence-electron chi connectivity index (χ2n) is 5.92. The van der Waals surface area contributed by atoms with Crippen LogP contribution in [0.3, 0.4) is 0 Å². The minimum Gasteiger partial charge on any atom is -0.454 e. The normalized spacial score (nSPS) is 14.7. The van der Waals surface area contributed by atoms with Gasteiger partial charge in [-0.05, 0) is 48.0 Å². The number of nitrogens with zero attached hydrogens (tertiary/aromatic N) is 1. The van der Waals surface area contributed by atoms with Crippen LogP contribution in [0.5, 0.6) is 11.5 Å². The fraction of sp³-hybridized carbons (Fsp3) is 0. The Morgan fingerprint density at radius 3 is 2.43 bits per heavy atom. The van der Waals surface area contributed by atoms with Gasteiger partial charge in [-0.1, -0.05) is 36.4 Å². The average molecular weight is 377 g/mol. The van der Waals surface area contributed by atoms with E-state index in [1.807, 2.05) is 6.07 Å². The minimum absolute atomic E-state index is 0.00115. The summed E-state index contributed by atoms with van der Waals surface area (Å²) in [6, 6.07) is 18.7. The quantitative estimate of drug-likeness (QED) is 0.594. The van der Waals surface area contributed by atoms with Gasteiger partial charge in [0.25, 0.3) is 0 Å². The summed E-state index contributed by atoms with van der Waals surface area (Å²) in [4.78, 5) is 15.9. The van der Waals surface area contributed by atoms with Crippen LogP contribution in [-0.4, -0.2) is 11.8 Å². The molecule has 1 aliphatic heterocycles. The third-order valence-electron chi connectivity index (χ3n) is 3.95. The molecule has 0 fully saturated rings. The van der Waals surface area contributed by atoms with Crippen LogP contribution in [0, 0.1) is 11.6 Å². The Kier molecular flexibility index (Phi) is 4.68. The van der Waals surface area contributed by atoms with E-state index in [2.05, 4.69) is 4.99 Å². The number of halogens is 2. The van der Waals surface area contributed by atoms with Crippen molar-refractivity contribution in [2.24, 2.45) is 4.99 Å². The Morgan fingerprint density at radius 1 is 0.893 bits per heavy atom. The van der Waals surface area contributed by atoms with E-state index in [1.165, 1.54) is 42.5 Å². The van der Waals surface area contributed by atoms with Crippen molar-refractivity contribution in [3.8, 4) is 11.5 Å². The molecule has 0 aromatic heterocycles. The maximum atomic E-state index is 14.1. The van der Waals surface area contributed by atoms with Gasteiger partial charge in [0.2, 0.25) is 5.90 Å². The summed E-state index contributed by atoms with van der Waals surface area (Å²) in [5.74, 6) is -1.46. The van der Waals surface area contributed by atoms with Crippen molar-refractivity contribution in [1.82, 2.24) is 0 Å². The van der Waals surface area contributed by atoms with E-state index in [-0.39, 0.29) is 23.0 Å². The monoisotopic (exact) mass is 377 g/mol. The zero-order valence-corrected chi connectivity index (χ0v) is 14.4. The number of carbonyl (C=O) groups is 1. The first-order valence-corrected chi connectivity index (χ1v) is 8.40. The van der Waals surface area contributed by atoms with Gasteiger partial charge < -0.3 is 9.47 Å². The van der Waals surface area contributed by atoms with Crippen molar-refractivity contribution in [3.05, 3.63) is 101 Å². The highest BCUT2D eigenvalue weighted by molar-refractivity contribution is 6.14. The average Bonchev–Trinajstić information content (AvgIpc) is 3.06.